The second-order valence-electron chi connectivity index (χ2n) is 5.32. The van der Waals surface area contributed by atoms with Crippen LogP contribution in [0, 0.1) is 6.92 Å². The Labute approximate surface area is 155 Å². The summed E-state index contributed by atoms with van der Waals surface area (Å²) in [7, 11) is 0. The first-order valence-electron chi connectivity index (χ1n) is 7.26. The van der Waals surface area contributed by atoms with E-state index in [0.29, 0.717) is 10.4 Å². The van der Waals surface area contributed by atoms with Crippen LogP contribution in [0.25, 0.3) is 28.0 Å². The van der Waals surface area contributed by atoms with Crippen molar-refractivity contribution >= 4 is 48.2 Å². The van der Waals surface area contributed by atoms with Crippen LogP contribution in [-0.4, -0.2) is 41.6 Å². The van der Waals surface area contributed by atoms with Gasteiger partial charge < -0.3 is 0 Å². The van der Waals surface area contributed by atoms with E-state index < -0.39 is 0 Å². The summed E-state index contributed by atoms with van der Waals surface area (Å²) in [5.74, 6) is 0.699. The number of hydrogen-bond donors (Lipinski definition) is 0. The fourth-order valence-corrected chi connectivity index (χ4v) is 3.08. The van der Waals surface area contributed by atoms with Crippen molar-refractivity contribution in [3.05, 3.63) is 59.1 Å². The average molecular weight is 440 g/mol. The Hall–Kier alpha value is -2.04. The van der Waals surface area contributed by atoms with Crippen LogP contribution in [0.5, 0.6) is 0 Å². The molecule has 0 fully saturated rings. The molecule has 0 N–H and O–H groups in total. The van der Waals surface area contributed by atoms with Crippen molar-refractivity contribution in [3.8, 4) is 17.1 Å². The zero-order valence-corrected chi connectivity index (χ0v) is 16.1. The third kappa shape index (κ3) is 2.76. The van der Waals surface area contributed by atoms with E-state index in [-0.39, 0.29) is 0 Å². The summed E-state index contributed by atoms with van der Waals surface area (Å²) in [5.41, 5.74) is 3.62. The minimum absolute atomic E-state index is 0.699. The predicted molar refractivity (Wildman–Crippen MR) is 97.7 cm³/mol. The van der Waals surface area contributed by atoms with Crippen molar-refractivity contribution in [2.45, 2.75) is 6.92 Å². The molecular weight excluding hydrogens is 429 g/mol. The van der Waals surface area contributed by atoms with Crippen molar-refractivity contribution in [1.82, 2.24) is 24.7 Å². The van der Waals surface area contributed by atoms with Crippen molar-refractivity contribution in [1.29, 1.82) is 0 Å². The van der Waals surface area contributed by atoms with Gasteiger partial charge >= 0.3 is 156 Å². The molecule has 0 unspecified atom stereocenters. The number of benzene rings is 1. The average Bonchev–Trinajstić information content (AvgIpc) is 3.03. The molecule has 0 aliphatic heterocycles. The van der Waals surface area contributed by atoms with Gasteiger partial charge in [-0.15, -0.1) is 0 Å². The van der Waals surface area contributed by atoms with Crippen molar-refractivity contribution < 1.29 is 0 Å². The number of fused-ring (bicyclic) bond motifs is 1. The molecule has 4 rings (SSSR count). The van der Waals surface area contributed by atoms with Gasteiger partial charge in [-0.3, -0.25) is 0 Å². The van der Waals surface area contributed by atoms with Crippen molar-refractivity contribution in [3.63, 3.8) is 0 Å². The summed E-state index contributed by atoms with van der Waals surface area (Å²) in [6.07, 6.45) is 3.69. The van der Waals surface area contributed by atoms with Crippen LogP contribution in [0.15, 0.2) is 53.4 Å². The number of aryl methyl sites for hydroxylation is 1. The van der Waals surface area contributed by atoms with Gasteiger partial charge in [0.1, 0.15) is 0 Å². The van der Waals surface area contributed by atoms with Crippen molar-refractivity contribution in [2.75, 3.05) is 0 Å². The Balaban J connectivity index is 1.97. The van der Waals surface area contributed by atoms with Crippen LogP contribution in [0.3, 0.4) is 0 Å². The minimum atomic E-state index is 0.699. The molecule has 2 radical (unpaired) electrons. The van der Waals surface area contributed by atoms with E-state index in [1.54, 1.807) is 10.9 Å². The van der Waals surface area contributed by atoms with E-state index in [9.17, 15) is 0 Å². The molecule has 0 aliphatic rings. The van der Waals surface area contributed by atoms with Gasteiger partial charge in [0, 0.05) is 0 Å². The molecule has 0 atom stereocenters. The Morgan fingerprint density at radius 2 is 2.00 bits per heavy atom. The van der Waals surface area contributed by atoms with Crippen LogP contribution in [-0.2, 0) is 0 Å². The molecule has 1 aromatic carbocycles. The molecule has 0 saturated carbocycles. The monoisotopic (exact) mass is 439 g/mol. The fourth-order valence-electron chi connectivity index (χ4n) is 2.51. The molecule has 0 spiro atoms. The normalized spacial score (nSPS) is 11.1. The first kappa shape index (κ1) is 15.5. The molecule has 3 heterocycles. The predicted octanol–water partition coefficient (Wildman–Crippen LogP) is 2.74. The Bertz CT molecular complexity index is 1060. The van der Waals surface area contributed by atoms with Gasteiger partial charge in [0.05, 0.1) is 0 Å². The molecule has 0 saturated heterocycles. The van der Waals surface area contributed by atoms with Gasteiger partial charge in [0.2, 0.25) is 0 Å². The number of pyridine rings is 1. The summed E-state index contributed by atoms with van der Waals surface area (Å²) in [6.45, 7) is 1.95. The van der Waals surface area contributed by atoms with Gasteiger partial charge in [-0.1, -0.05) is 0 Å². The van der Waals surface area contributed by atoms with Crippen LogP contribution >= 0.6 is 15.9 Å². The van der Waals surface area contributed by atoms with Gasteiger partial charge in [-0.25, -0.2) is 0 Å². The SMILES string of the molecule is Cc1ccn(-c2nc([As])c(Br)nc2-c2ccc3ncccc3c2)n1. The van der Waals surface area contributed by atoms with E-state index in [1.807, 2.05) is 43.5 Å². The third-order valence-corrected chi connectivity index (χ3v) is 5.51. The number of nitrogens with zero attached hydrogens (tertiary/aromatic N) is 5. The molecule has 0 aliphatic carbocycles. The maximum absolute atomic E-state index is 4.69. The van der Waals surface area contributed by atoms with E-state index in [0.717, 1.165) is 32.3 Å². The summed E-state index contributed by atoms with van der Waals surface area (Å²) in [6, 6.07) is 12.0. The molecule has 116 valence electrons. The van der Waals surface area contributed by atoms with E-state index in [4.69, 9.17) is 4.98 Å². The van der Waals surface area contributed by atoms with Gasteiger partial charge in [-0.05, 0) is 0 Å². The summed E-state index contributed by atoms with van der Waals surface area (Å²) in [4.78, 5) is 13.7. The fraction of sp³-hybridized carbons (Fsp3) is 0.0588. The van der Waals surface area contributed by atoms with E-state index >= 15 is 0 Å². The van der Waals surface area contributed by atoms with Gasteiger partial charge in [0.15, 0.2) is 0 Å². The Morgan fingerprint density at radius 1 is 1.12 bits per heavy atom. The van der Waals surface area contributed by atoms with Crippen LogP contribution < -0.4 is 4.48 Å². The number of hydrogen-bond acceptors (Lipinski definition) is 4. The van der Waals surface area contributed by atoms with Gasteiger partial charge in [0.25, 0.3) is 0 Å². The Kier molecular flexibility index (Phi) is 3.94. The third-order valence-electron chi connectivity index (χ3n) is 3.63. The zero-order valence-electron chi connectivity index (χ0n) is 12.7. The van der Waals surface area contributed by atoms with E-state index in [1.165, 1.54) is 0 Å². The zero-order chi connectivity index (χ0) is 16.7. The summed E-state index contributed by atoms with van der Waals surface area (Å²) < 4.78 is 3.22. The van der Waals surface area contributed by atoms with Crippen LogP contribution in [0.4, 0.5) is 0 Å². The topological polar surface area (TPSA) is 56.5 Å². The van der Waals surface area contributed by atoms with Crippen LogP contribution in [0.2, 0.25) is 0 Å². The first-order valence-corrected chi connectivity index (χ1v) is 8.99. The molecular formula is C17H11AsBrN5. The second kappa shape index (κ2) is 6.11. The molecule has 7 heteroatoms. The molecule has 5 nitrogen and oxygen atoms in total. The van der Waals surface area contributed by atoms with E-state index in [2.05, 4.69) is 53.9 Å². The first-order chi connectivity index (χ1) is 11.6. The maximum atomic E-state index is 4.69. The van der Waals surface area contributed by atoms with Gasteiger partial charge in [-0.2, -0.15) is 0 Å². The standard InChI is InChI=1S/C17H11AsBrN5/c1-10-6-8-24(23-10)17-14(21-16(19)15(18)22-17)12-4-5-13-11(9-12)3-2-7-20-13/h2-9H,1H3. The van der Waals surface area contributed by atoms with Crippen molar-refractivity contribution in [2.24, 2.45) is 0 Å². The second-order valence-corrected chi connectivity index (χ2v) is 6.96. The molecule has 0 bridgehead atoms. The molecule has 24 heavy (non-hydrogen) atoms. The number of rotatable bonds is 2. The molecule has 4 aromatic rings. The number of aromatic nitrogens is 5. The Morgan fingerprint density at radius 3 is 2.79 bits per heavy atom. The van der Waals surface area contributed by atoms with Crippen LogP contribution in [0.1, 0.15) is 5.69 Å². The molecule has 3 aromatic heterocycles. The number of halogens is 1. The quantitative estimate of drug-likeness (QED) is 0.450. The molecule has 0 amide bonds. The summed E-state index contributed by atoms with van der Waals surface area (Å²) in [5, 5.41) is 5.54. The summed E-state index contributed by atoms with van der Waals surface area (Å²) >= 11 is 5.90.